The molecule has 5 heteroatoms. The number of carbonyl (C=O) groups excluding carboxylic acids is 1. The minimum Gasteiger partial charge on any atom is -0.360 e. The van der Waals surface area contributed by atoms with Gasteiger partial charge in [-0.15, -0.1) is 0 Å². The molecule has 0 radical (unpaired) electrons. The highest BCUT2D eigenvalue weighted by atomic mass is 16.5. The van der Waals surface area contributed by atoms with E-state index >= 15 is 0 Å². The first-order valence-corrected chi connectivity index (χ1v) is 9.28. The number of hydrogen-bond donors (Lipinski definition) is 2. The van der Waals surface area contributed by atoms with Gasteiger partial charge < -0.3 is 15.6 Å². The number of carbonyl (C=O) groups is 1. The van der Waals surface area contributed by atoms with E-state index in [9.17, 15) is 4.79 Å². The summed E-state index contributed by atoms with van der Waals surface area (Å²) >= 11 is 0. The average molecular weight is 339 g/mol. The summed E-state index contributed by atoms with van der Waals surface area (Å²) in [5.41, 5.74) is 7.58. The summed E-state index contributed by atoms with van der Waals surface area (Å²) in [7, 11) is 0. The van der Waals surface area contributed by atoms with E-state index in [1.54, 1.807) is 6.07 Å². The fourth-order valence-corrected chi connectivity index (χ4v) is 3.78. The zero-order valence-electron chi connectivity index (χ0n) is 14.4. The van der Waals surface area contributed by atoms with Crippen molar-refractivity contribution in [1.29, 1.82) is 0 Å². The Bertz CT molecular complexity index is 716. The molecular formula is C20H25N3O2. The van der Waals surface area contributed by atoms with Crippen molar-refractivity contribution in [1.82, 2.24) is 10.5 Å². The first-order valence-electron chi connectivity index (χ1n) is 9.28. The Morgan fingerprint density at radius 2 is 1.84 bits per heavy atom. The molecule has 1 unspecified atom stereocenters. The van der Waals surface area contributed by atoms with Crippen molar-refractivity contribution in [2.75, 3.05) is 0 Å². The normalized spacial score (nSPS) is 24.7. The predicted octanol–water partition coefficient (Wildman–Crippen LogP) is 3.54. The van der Waals surface area contributed by atoms with Gasteiger partial charge in [0.15, 0.2) is 5.69 Å². The Labute approximate surface area is 148 Å². The van der Waals surface area contributed by atoms with E-state index < -0.39 is 0 Å². The van der Waals surface area contributed by atoms with Gasteiger partial charge in [-0.1, -0.05) is 35.5 Å². The maximum atomic E-state index is 12.7. The van der Waals surface area contributed by atoms with Gasteiger partial charge in [0, 0.05) is 18.0 Å². The van der Waals surface area contributed by atoms with Crippen LogP contribution in [0.4, 0.5) is 0 Å². The van der Waals surface area contributed by atoms with Gasteiger partial charge in [0.05, 0.1) is 6.04 Å². The molecule has 4 rings (SSSR count). The molecule has 0 aliphatic heterocycles. The molecule has 25 heavy (non-hydrogen) atoms. The smallest absolute Gasteiger partial charge is 0.273 e. The number of hydrogen-bond acceptors (Lipinski definition) is 4. The summed E-state index contributed by atoms with van der Waals surface area (Å²) in [4.78, 5) is 12.7. The Hall–Kier alpha value is -2.14. The van der Waals surface area contributed by atoms with E-state index in [0.29, 0.717) is 23.6 Å². The van der Waals surface area contributed by atoms with Crippen LogP contribution >= 0.6 is 0 Å². The molecule has 132 valence electrons. The van der Waals surface area contributed by atoms with E-state index in [-0.39, 0.29) is 11.9 Å². The standard InChI is InChI=1S/C20H25N3O2/c21-16-10-8-15(9-11-16)19(14-4-2-1-3-5-14)22-20(24)17-12-18(25-23-17)13-6-7-13/h1-5,12-13,15-16,19H,6-11,21H2,(H,22,24). The number of nitrogens with two attached hydrogens (primary N) is 1. The van der Waals surface area contributed by atoms with Gasteiger partial charge in [-0.05, 0) is 50.0 Å². The maximum absolute atomic E-state index is 12.7. The second-order valence-electron chi connectivity index (χ2n) is 7.43. The van der Waals surface area contributed by atoms with Crippen molar-refractivity contribution in [3.05, 3.63) is 53.4 Å². The van der Waals surface area contributed by atoms with Gasteiger partial charge in [-0.3, -0.25) is 4.79 Å². The molecule has 5 nitrogen and oxygen atoms in total. The molecule has 2 aliphatic rings. The van der Waals surface area contributed by atoms with Gasteiger partial charge in [0.2, 0.25) is 0 Å². The maximum Gasteiger partial charge on any atom is 0.273 e. The third kappa shape index (κ3) is 3.76. The zero-order valence-corrected chi connectivity index (χ0v) is 14.4. The number of amides is 1. The lowest BCUT2D eigenvalue weighted by Crippen LogP contribution is -2.37. The molecule has 0 bridgehead atoms. The van der Waals surface area contributed by atoms with Gasteiger partial charge in [-0.25, -0.2) is 0 Å². The highest BCUT2D eigenvalue weighted by Crippen LogP contribution is 2.40. The minimum atomic E-state index is -0.153. The van der Waals surface area contributed by atoms with Gasteiger partial charge >= 0.3 is 0 Å². The topological polar surface area (TPSA) is 81.1 Å². The number of nitrogens with zero attached hydrogens (tertiary/aromatic N) is 1. The molecule has 2 aliphatic carbocycles. The Morgan fingerprint density at radius 3 is 2.52 bits per heavy atom. The average Bonchev–Trinajstić information content (AvgIpc) is 3.38. The summed E-state index contributed by atoms with van der Waals surface area (Å²) in [6.07, 6.45) is 6.36. The minimum absolute atomic E-state index is 0.0118. The molecule has 1 amide bonds. The summed E-state index contributed by atoms with van der Waals surface area (Å²) in [5, 5.41) is 7.18. The summed E-state index contributed by atoms with van der Waals surface area (Å²) < 4.78 is 5.33. The summed E-state index contributed by atoms with van der Waals surface area (Å²) in [5.74, 6) is 1.55. The van der Waals surface area contributed by atoms with Crippen LogP contribution in [0.3, 0.4) is 0 Å². The van der Waals surface area contributed by atoms with Gasteiger partial charge in [0.25, 0.3) is 5.91 Å². The molecule has 1 atom stereocenters. The Balaban J connectivity index is 1.51. The molecule has 1 heterocycles. The van der Waals surface area contributed by atoms with E-state index in [0.717, 1.165) is 49.8 Å². The highest BCUT2D eigenvalue weighted by Gasteiger charge is 2.31. The molecule has 2 saturated carbocycles. The fourth-order valence-electron chi connectivity index (χ4n) is 3.78. The van der Waals surface area contributed by atoms with Crippen LogP contribution in [-0.4, -0.2) is 17.1 Å². The second-order valence-corrected chi connectivity index (χ2v) is 7.43. The molecule has 0 saturated heterocycles. The van der Waals surface area contributed by atoms with E-state index in [4.69, 9.17) is 10.3 Å². The molecule has 1 aromatic heterocycles. The SMILES string of the molecule is NC1CCC(C(NC(=O)c2cc(C3CC3)on2)c2ccccc2)CC1. The van der Waals surface area contributed by atoms with Crippen molar-refractivity contribution >= 4 is 5.91 Å². The molecular weight excluding hydrogens is 314 g/mol. The first kappa shape index (κ1) is 16.3. The monoisotopic (exact) mass is 339 g/mol. The molecule has 1 aromatic carbocycles. The van der Waals surface area contributed by atoms with Crippen LogP contribution in [-0.2, 0) is 0 Å². The lowest BCUT2D eigenvalue weighted by atomic mass is 9.79. The van der Waals surface area contributed by atoms with Crippen LogP contribution in [0, 0.1) is 5.92 Å². The second kappa shape index (κ2) is 7.00. The van der Waals surface area contributed by atoms with Crippen LogP contribution < -0.4 is 11.1 Å². The van der Waals surface area contributed by atoms with Crippen LogP contribution in [0.2, 0.25) is 0 Å². The van der Waals surface area contributed by atoms with E-state index in [1.165, 1.54) is 0 Å². The molecule has 0 spiro atoms. The van der Waals surface area contributed by atoms with Crippen LogP contribution in [0.25, 0.3) is 0 Å². The van der Waals surface area contributed by atoms with Crippen LogP contribution in [0.1, 0.15) is 72.3 Å². The highest BCUT2D eigenvalue weighted by molar-refractivity contribution is 5.92. The van der Waals surface area contributed by atoms with E-state index in [2.05, 4.69) is 22.6 Å². The van der Waals surface area contributed by atoms with Crippen molar-refractivity contribution in [2.24, 2.45) is 11.7 Å². The third-order valence-corrected chi connectivity index (χ3v) is 5.47. The number of aromatic nitrogens is 1. The molecule has 2 fully saturated rings. The molecule has 2 aromatic rings. The van der Waals surface area contributed by atoms with Gasteiger partial charge in [0.1, 0.15) is 5.76 Å². The predicted molar refractivity (Wildman–Crippen MR) is 95.1 cm³/mol. The van der Waals surface area contributed by atoms with Crippen molar-refractivity contribution in [3.63, 3.8) is 0 Å². The zero-order chi connectivity index (χ0) is 17.2. The third-order valence-electron chi connectivity index (χ3n) is 5.47. The van der Waals surface area contributed by atoms with Crippen molar-refractivity contribution in [2.45, 2.75) is 56.5 Å². The Kier molecular flexibility index (Phi) is 4.57. The summed E-state index contributed by atoms with van der Waals surface area (Å²) in [6.45, 7) is 0. The van der Waals surface area contributed by atoms with Crippen molar-refractivity contribution in [3.8, 4) is 0 Å². The van der Waals surface area contributed by atoms with Gasteiger partial charge in [-0.2, -0.15) is 0 Å². The lowest BCUT2D eigenvalue weighted by Gasteiger charge is -2.33. The van der Waals surface area contributed by atoms with Crippen LogP contribution in [0.5, 0.6) is 0 Å². The van der Waals surface area contributed by atoms with E-state index in [1.807, 2.05) is 18.2 Å². The van der Waals surface area contributed by atoms with Crippen molar-refractivity contribution < 1.29 is 9.32 Å². The number of benzene rings is 1. The Morgan fingerprint density at radius 1 is 1.12 bits per heavy atom. The largest absolute Gasteiger partial charge is 0.360 e. The summed E-state index contributed by atoms with van der Waals surface area (Å²) in [6, 6.07) is 12.3. The fraction of sp³-hybridized carbons (Fsp3) is 0.500. The lowest BCUT2D eigenvalue weighted by molar-refractivity contribution is 0.0902. The number of nitrogens with one attached hydrogen (secondary N) is 1. The quantitative estimate of drug-likeness (QED) is 0.873. The first-order chi connectivity index (χ1) is 12.2. The number of rotatable bonds is 5. The molecule has 3 N–H and O–H groups in total. The van der Waals surface area contributed by atoms with Crippen LogP contribution in [0.15, 0.2) is 40.9 Å².